The zero-order chi connectivity index (χ0) is 13.8. The van der Waals surface area contributed by atoms with Gasteiger partial charge in [0.1, 0.15) is 5.82 Å². The Morgan fingerprint density at radius 2 is 2.00 bits per heavy atom. The van der Waals surface area contributed by atoms with Crippen LogP contribution in [-0.4, -0.2) is 23.4 Å². The molecule has 0 aliphatic heterocycles. The molecule has 1 aromatic carbocycles. The molecule has 1 amide bonds. The number of rotatable bonds is 3. The molecule has 0 unspecified atom stereocenters. The molecule has 0 saturated heterocycles. The fourth-order valence-corrected chi connectivity index (χ4v) is 2.86. The predicted octanol–water partition coefficient (Wildman–Crippen LogP) is 3.20. The standard InChI is InChI=1S/C15H21FN2O/c1-2-18(14-6-4-3-5-7-14)15(19)11-8-12(16)10-13(17)9-11/h8-10,14H,2-7,17H2,1H3. The molecule has 0 radical (unpaired) electrons. The Morgan fingerprint density at radius 1 is 1.32 bits per heavy atom. The Kier molecular flexibility index (Phi) is 4.40. The first kappa shape index (κ1) is 13.8. The SMILES string of the molecule is CCN(C(=O)c1cc(N)cc(F)c1)C1CCCCC1. The number of nitrogens with two attached hydrogens (primary N) is 1. The maximum Gasteiger partial charge on any atom is 0.254 e. The number of hydrogen-bond acceptors (Lipinski definition) is 2. The van der Waals surface area contributed by atoms with Crippen LogP contribution in [-0.2, 0) is 0 Å². The topological polar surface area (TPSA) is 46.3 Å². The van der Waals surface area contributed by atoms with E-state index in [-0.39, 0.29) is 11.9 Å². The zero-order valence-electron chi connectivity index (χ0n) is 11.4. The van der Waals surface area contributed by atoms with Crippen molar-refractivity contribution in [1.29, 1.82) is 0 Å². The van der Waals surface area contributed by atoms with Crippen LogP contribution in [0, 0.1) is 5.82 Å². The summed E-state index contributed by atoms with van der Waals surface area (Å²) < 4.78 is 13.3. The zero-order valence-corrected chi connectivity index (χ0v) is 11.4. The number of nitrogen functional groups attached to an aromatic ring is 1. The summed E-state index contributed by atoms with van der Waals surface area (Å²) in [7, 11) is 0. The van der Waals surface area contributed by atoms with Gasteiger partial charge >= 0.3 is 0 Å². The third-order valence-electron chi connectivity index (χ3n) is 3.78. The molecule has 1 fully saturated rings. The first-order chi connectivity index (χ1) is 9.11. The smallest absolute Gasteiger partial charge is 0.254 e. The Labute approximate surface area is 113 Å². The molecule has 0 aromatic heterocycles. The Balaban J connectivity index is 2.19. The van der Waals surface area contributed by atoms with Gasteiger partial charge in [-0.15, -0.1) is 0 Å². The van der Waals surface area contributed by atoms with E-state index in [1.807, 2.05) is 11.8 Å². The first-order valence-electron chi connectivity index (χ1n) is 6.99. The highest BCUT2D eigenvalue weighted by molar-refractivity contribution is 5.95. The fourth-order valence-electron chi connectivity index (χ4n) is 2.86. The fraction of sp³-hybridized carbons (Fsp3) is 0.533. The van der Waals surface area contributed by atoms with Crippen LogP contribution in [0.4, 0.5) is 10.1 Å². The second-order valence-electron chi connectivity index (χ2n) is 5.16. The van der Waals surface area contributed by atoms with E-state index in [1.165, 1.54) is 31.4 Å². The highest BCUT2D eigenvalue weighted by atomic mass is 19.1. The van der Waals surface area contributed by atoms with Crippen molar-refractivity contribution in [2.24, 2.45) is 0 Å². The number of nitrogens with zero attached hydrogens (tertiary/aromatic N) is 1. The molecule has 0 spiro atoms. The van der Waals surface area contributed by atoms with Gasteiger partial charge in [0.05, 0.1) is 0 Å². The molecule has 2 rings (SSSR count). The molecule has 1 aliphatic rings. The van der Waals surface area contributed by atoms with Crippen molar-refractivity contribution in [3.8, 4) is 0 Å². The summed E-state index contributed by atoms with van der Waals surface area (Å²) in [5.74, 6) is -0.566. The summed E-state index contributed by atoms with van der Waals surface area (Å²) in [5.41, 5.74) is 6.25. The van der Waals surface area contributed by atoms with Gasteiger partial charge in [0.2, 0.25) is 0 Å². The average Bonchev–Trinajstić information content (AvgIpc) is 2.39. The van der Waals surface area contributed by atoms with Crippen molar-refractivity contribution in [3.63, 3.8) is 0 Å². The molecule has 1 aromatic rings. The number of hydrogen-bond donors (Lipinski definition) is 1. The van der Waals surface area contributed by atoms with E-state index >= 15 is 0 Å². The van der Waals surface area contributed by atoms with Crippen molar-refractivity contribution < 1.29 is 9.18 Å². The van der Waals surface area contributed by atoms with Crippen molar-refractivity contribution in [1.82, 2.24) is 4.90 Å². The second-order valence-corrected chi connectivity index (χ2v) is 5.16. The van der Waals surface area contributed by atoms with Crippen molar-refractivity contribution in [2.75, 3.05) is 12.3 Å². The lowest BCUT2D eigenvalue weighted by molar-refractivity contribution is 0.0647. The molecular formula is C15H21FN2O. The first-order valence-corrected chi connectivity index (χ1v) is 6.99. The van der Waals surface area contributed by atoms with Crippen LogP contribution in [0.5, 0.6) is 0 Å². The van der Waals surface area contributed by atoms with Crippen molar-refractivity contribution in [3.05, 3.63) is 29.6 Å². The van der Waals surface area contributed by atoms with Gasteiger partial charge in [0, 0.05) is 23.8 Å². The summed E-state index contributed by atoms with van der Waals surface area (Å²) in [6.45, 7) is 2.62. The summed E-state index contributed by atoms with van der Waals surface area (Å²) in [6, 6.07) is 4.34. The van der Waals surface area contributed by atoms with E-state index in [9.17, 15) is 9.18 Å². The lowest BCUT2D eigenvalue weighted by atomic mass is 9.93. The minimum Gasteiger partial charge on any atom is -0.399 e. The Bertz CT molecular complexity index is 435. The highest BCUT2D eigenvalue weighted by Crippen LogP contribution is 2.24. The Hall–Kier alpha value is -1.58. The lowest BCUT2D eigenvalue weighted by Crippen LogP contribution is -2.41. The quantitative estimate of drug-likeness (QED) is 0.852. The minimum absolute atomic E-state index is 0.111. The number of carbonyl (C=O) groups is 1. The number of benzene rings is 1. The molecule has 1 aliphatic carbocycles. The molecule has 0 atom stereocenters. The number of anilines is 1. The number of carbonyl (C=O) groups excluding carboxylic acids is 1. The van der Waals surface area contributed by atoms with E-state index in [2.05, 4.69) is 0 Å². The third-order valence-corrected chi connectivity index (χ3v) is 3.78. The summed E-state index contributed by atoms with van der Waals surface area (Å²) in [5, 5.41) is 0. The largest absolute Gasteiger partial charge is 0.399 e. The Morgan fingerprint density at radius 3 is 2.58 bits per heavy atom. The molecule has 0 heterocycles. The van der Waals surface area contributed by atoms with Crippen molar-refractivity contribution >= 4 is 11.6 Å². The monoisotopic (exact) mass is 264 g/mol. The normalized spacial score (nSPS) is 16.3. The van der Waals surface area contributed by atoms with E-state index < -0.39 is 5.82 Å². The molecule has 104 valence electrons. The van der Waals surface area contributed by atoms with Gasteiger partial charge in [-0.1, -0.05) is 19.3 Å². The van der Waals surface area contributed by atoms with Gasteiger partial charge < -0.3 is 10.6 Å². The van der Waals surface area contributed by atoms with Crippen LogP contribution >= 0.6 is 0 Å². The highest BCUT2D eigenvalue weighted by Gasteiger charge is 2.25. The van der Waals surface area contributed by atoms with E-state index in [0.717, 1.165) is 12.8 Å². The minimum atomic E-state index is -0.456. The maximum absolute atomic E-state index is 13.3. The van der Waals surface area contributed by atoms with Crippen LogP contribution in [0.25, 0.3) is 0 Å². The summed E-state index contributed by atoms with van der Waals surface area (Å²) >= 11 is 0. The van der Waals surface area contributed by atoms with Gasteiger partial charge in [-0.2, -0.15) is 0 Å². The molecule has 4 heteroatoms. The molecule has 2 N–H and O–H groups in total. The van der Waals surface area contributed by atoms with E-state index in [4.69, 9.17) is 5.73 Å². The molecule has 1 saturated carbocycles. The van der Waals surface area contributed by atoms with Crippen LogP contribution in [0.2, 0.25) is 0 Å². The van der Waals surface area contributed by atoms with Crippen LogP contribution in [0.3, 0.4) is 0 Å². The predicted molar refractivity (Wildman–Crippen MR) is 74.4 cm³/mol. The lowest BCUT2D eigenvalue weighted by Gasteiger charge is -2.33. The third kappa shape index (κ3) is 3.25. The van der Waals surface area contributed by atoms with E-state index in [1.54, 1.807) is 6.07 Å². The average molecular weight is 264 g/mol. The van der Waals surface area contributed by atoms with E-state index in [0.29, 0.717) is 17.8 Å². The number of amides is 1. The summed E-state index contributed by atoms with van der Waals surface area (Å²) in [4.78, 5) is 14.3. The van der Waals surface area contributed by atoms with Crippen molar-refractivity contribution in [2.45, 2.75) is 45.1 Å². The summed E-state index contributed by atoms with van der Waals surface area (Å²) in [6.07, 6.45) is 5.67. The second kappa shape index (κ2) is 6.04. The molecule has 3 nitrogen and oxygen atoms in total. The molecule has 0 bridgehead atoms. The van der Waals surface area contributed by atoms with Gasteiger partial charge in [-0.25, -0.2) is 4.39 Å². The number of halogens is 1. The van der Waals surface area contributed by atoms with Crippen LogP contribution in [0.1, 0.15) is 49.4 Å². The van der Waals surface area contributed by atoms with Gasteiger partial charge in [-0.3, -0.25) is 4.79 Å². The van der Waals surface area contributed by atoms with Gasteiger partial charge in [0.25, 0.3) is 5.91 Å². The van der Waals surface area contributed by atoms with Gasteiger partial charge in [-0.05, 0) is 38.0 Å². The van der Waals surface area contributed by atoms with Crippen LogP contribution in [0.15, 0.2) is 18.2 Å². The molecule has 19 heavy (non-hydrogen) atoms. The maximum atomic E-state index is 13.3. The molecular weight excluding hydrogens is 243 g/mol. The van der Waals surface area contributed by atoms with Gasteiger partial charge in [0.15, 0.2) is 0 Å². The van der Waals surface area contributed by atoms with Crippen LogP contribution < -0.4 is 5.73 Å².